The molecule has 0 saturated heterocycles. The molecule has 0 aliphatic heterocycles. The molecule has 0 radical (unpaired) electrons. The molecule has 1 aliphatic rings. The Balaban J connectivity index is -0.00000104. The molecule has 1 saturated carbocycles. The number of rotatable bonds is 10. The number of nitrogens with one attached hydrogen (secondary N) is 10. The van der Waals surface area contributed by atoms with Crippen LogP contribution in [0.3, 0.4) is 0 Å². The van der Waals surface area contributed by atoms with Gasteiger partial charge in [-0.1, -0.05) is 89.4 Å². The lowest BCUT2D eigenvalue weighted by molar-refractivity contribution is -0.119. The highest BCUT2D eigenvalue weighted by atomic mass is 35.5. The number of hydrogen-bond acceptors (Lipinski definition) is 11. The lowest BCUT2D eigenvalue weighted by atomic mass is 10.3. The molecule has 0 bridgehead atoms. The average Bonchev–Trinajstić information content (AvgIpc) is 1.90. The number of benzene rings is 7. The first-order valence-electron chi connectivity index (χ1n) is 29.9. The van der Waals surface area contributed by atoms with Crippen LogP contribution in [-0.2, 0) is 52.7 Å². The molecule has 7 aromatic carbocycles. The summed E-state index contributed by atoms with van der Waals surface area (Å²) < 4.78 is 37.5. The molecular weight excluding hydrogens is 1350 g/mol. The molecule has 0 atom stereocenters. The summed E-state index contributed by atoms with van der Waals surface area (Å²) in [6.45, 7) is 19.4. The standard InChI is InChI=1S/3C8H8ClNO.3C8H8FNO.C8H9NO.C6H11NO.C4H9NO.C3H7NO.C2H5NO/c1-6(11)10-8-4-2-7(9)3-5-8;1-6(11)10-8-4-2-3-7(9)5-8;1-6(11)10-8-5-3-2-4-7(8)9;1-6(11)10-8-4-2-7(9)3-5-8;1-6(11)10-8-4-2-3-7(9)5-8;1-6(11)10-8-5-3-2-4-7(8)9;1-7(10)9-8-5-3-2-4-6-8;1-5(8)7-4-6-2-3-6;1-3-5-4(2)6;1-3(5)4-2;1-2(3)4/h6*2-5H,1H3,(H,10,11);2-6H,1H3,(H,9,10);6H,2-4H2,1H3,(H,7,8);3H2,1-2H3,(H,5,6);1-2H3,(H,4,5);1H3,(H2,3,4). The summed E-state index contributed by atoms with van der Waals surface area (Å²) in [4.78, 5) is 113. The Kier molecular flexibility index (Phi) is 52.9. The highest BCUT2D eigenvalue weighted by Crippen LogP contribution is 2.27. The highest BCUT2D eigenvalue weighted by molar-refractivity contribution is 6.33. The SMILES string of the molecule is CC(=O)NCC1CC1.CC(=O)Nc1ccc(Cl)cc1.CC(=O)Nc1ccc(F)cc1.CC(=O)Nc1cccc(Cl)c1.CC(=O)Nc1cccc(F)c1.CC(=O)Nc1ccccc1.CC(=O)Nc1ccccc1Cl.CC(=O)Nc1ccccc1F.CC(N)=O.CCNC(C)=O.CNC(C)=O. The second kappa shape index (κ2) is 56.5. The Labute approximate surface area is 591 Å². The van der Waals surface area contributed by atoms with Crippen molar-refractivity contribution in [3.8, 4) is 0 Å². The largest absolute Gasteiger partial charge is 0.370 e. The fourth-order valence-electron chi connectivity index (χ4n) is 6.10. The third-order valence-corrected chi connectivity index (χ3v) is 11.0. The second-order valence-corrected chi connectivity index (χ2v) is 21.3. The van der Waals surface area contributed by atoms with Crippen LogP contribution in [0.1, 0.15) is 95.9 Å². The maximum atomic E-state index is 12.7. The zero-order valence-corrected chi connectivity index (χ0v) is 59.8. The molecule has 7 aromatic rings. The fraction of sp³-hybridized carbons (Fsp3) is 0.254. The third-order valence-electron chi connectivity index (χ3n) is 10.2. The maximum Gasteiger partial charge on any atom is 0.221 e. The summed E-state index contributed by atoms with van der Waals surface area (Å²) in [6.07, 6.45) is 2.61. The number of nitrogens with two attached hydrogens (primary N) is 1. The van der Waals surface area contributed by atoms with E-state index < -0.39 is 5.82 Å². The Hall–Kier alpha value is -10.6. The molecule has 8 rings (SSSR count). The number of hydrogen-bond donors (Lipinski definition) is 11. The first-order valence-corrected chi connectivity index (χ1v) is 31.0. The molecule has 0 aromatic heterocycles. The molecule has 0 spiro atoms. The smallest absolute Gasteiger partial charge is 0.221 e. The van der Waals surface area contributed by atoms with E-state index in [2.05, 4.69) is 58.9 Å². The number of primary amides is 1. The first kappa shape index (κ1) is 92.6. The van der Waals surface area contributed by atoms with Crippen LogP contribution in [0.2, 0.25) is 15.1 Å². The normalized spacial score (nSPS) is 9.61. The maximum absolute atomic E-state index is 12.7. The lowest BCUT2D eigenvalue weighted by Crippen LogP contribution is -2.21. The van der Waals surface area contributed by atoms with Crippen LogP contribution in [0.5, 0.6) is 0 Å². The monoisotopic (exact) mass is 1430 g/mol. The number of anilines is 7. The number of amides is 11. The molecule has 0 unspecified atom stereocenters. The van der Waals surface area contributed by atoms with Gasteiger partial charge in [0.1, 0.15) is 17.5 Å². The van der Waals surface area contributed by atoms with Crippen molar-refractivity contribution in [1.82, 2.24) is 16.0 Å². The van der Waals surface area contributed by atoms with Crippen molar-refractivity contribution in [3.05, 3.63) is 208 Å². The van der Waals surface area contributed by atoms with Crippen LogP contribution in [0, 0.1) is 23.4 Å². The molecule has 12 N–H and O–H groups in total. The van der Waals surface area contributed by atoms with Gasteiger partial charge in [0, 0.05) is 135 Å². The van der Waals surface area contributed by atoms with Gasteiger partial charge in [0.15, 0.2) is 0 Å². The van der Waals surface area contributed by atoms with Crippen LogP contribution < -0.4 is 58.9 Å². The predicted octanol–water partition coefficient (Wildman–Crippen LogP) is 13.8. The summed E-state index contributed by atoms with van der Waals surface area (Å²) in [6, 6.07) is 47.9. The van der Waals surface area contributed by atoms with E-state index in [0.29, 0.717) is 32.1 Å². The molecule has 1 aliphatic carbocycles. The minimum absolute atomic E-state index is 0.00463. The molecule has 99 heavy (non-hydrogen) atoms. The molecular formula is C71H89Cl3F3N11O11. The Morgan fingerprint density at radius 2 is 0.727 bits per heavy atom. The fourth-order valence-corrected chi connectivity index (χ4v) is 6.60. The van der Waals surface area contributed by atoms with Crippen LogP contribution in [0.25, 0.3) is 0 Å². The van der Waals surface area contributed by atoms with Gasteiger partial charge in [-0.05, 0) is 147 Å². The molecule has 0 heterocycles. The van der Waals surface area contributed by atoms with Gasteiger partial charge in [0.05, 0.1) is 16.4 Å². The van der Waals surface area contributed by atoms with E-state index >= 15 is 0 Å². The lowest BCUT2D eigenvalue weighted by Gasteiger charge is -2.02. The molecule has 28 heteroatoms. The van der Waals surface area contributed by atoms with Crippen molar-refractivity contribution in [3.63, 3.8) is 0 Å². The Morgan fingerprint density at radius 3 is 1.09 bits per heavy atom. The highest BCUT2D eigenvalue weighted by Gasteiger charge is 2.20. The molecule has 1 fully saturated rings. The van der Waals surface area contributed by atoms with E-state index in [1.54, 1.807) is 98.9 Å². The van der Waals surface area contributed by atoms with Crippen molar-refractivity contribution >= 4 is 140 Å². The summed E-state index contributed by atoms with van der Waals surface area (Å²) >= 11 is 17.1. The van der Waals surface area contributed by atoms with Gasteiger partial charge < -0.3 is 58.9 Å². The van der Waals surface area contributed by atoms with Gasteiger partial charge in [-0.2, -0.15) is 0 Å². The molecule has 11 amide bonds. The van der Waals surface area contributed by atoms with E-state index in [-0.39, 0.29) is 82.3 Å². The number of carbonyl (C=O) groups is 11. The van der Waals surface area contributed by atoms with Crippen LogP contribution in [0.4, 0.5) is 53.0 Å². The molecule has 22 nitrogen and oxygen atoms in total. The van der Waals surface area contributed by atoms with Crippen LogP contribution in [-0.4, -0.2) is 85.1 Å². The van der Waals surface area contributed by atoms with E-state index in [1.807, 2.05) is 49.4 Å². The van der Waals surface area contributed by atoms with Crippen molar-refractivity contribution in [2.45, 2.75) is 95.9 Å². The Bertz CT molecular complexity index is 3400. The van der Waals surface area contributed by atoms with Gasteiger partial charge in [-0.25, -0.2) is 13.2 Å². The third kappa shape index (κ3) is 63.2. The van der Waals surface area contributed by atoms with Gasteiger partial charge in [0.2, 0.25) is 65.0 Å². The van der Waals surface area contributed by atoms with Gasteiger partial charge >= 0.3 is 0 Å². The number of para-hydroxylation sites is 3. The first-order chi connectivity index (χ1) is 46.5. The van der Waals surface area contributed by atoms with Crippen LogP contribution >= 0.6 is 34.8 Å². The summed E-state index contributed by atoms with van der Waals surface area (Å²) in [5, 5.41) is 27.4. The number of carbonyl (C=O) groups excluding carboxylic acids is 11. The van der Waals surface area contributed by atoms with Crippen molar-refractivity contribution in [2.24, 2.45) is 11.7 Å². The quantitative estimate of drug-likeness (QED) is 0.0611. The Morgan fingerprint density at radius 1 is 0.374 bits per heavy atom. The minimum Gasteiger partial charge on any atom is -0.370 e. The minimum atomic E-state index is -0.414. The average molecular weight is 1440 g/mol. The number of halogens is 6. The van der Waals surface area contributed by atoms with Gasteiger partial charge in [-0.3, -0.25) is 52.7 Å². The van der Waals surface area contributed by atoms with Crippen LogP contribution in [0.15, 0.2) is 176 Å². The van der Waals surface area contributed by atoms with Gasteiger partial charge in [-0.15, -0.1) is 0 Å². The zero-order valence-electron chi connectivity index (χ0n) is 57.5. The topological polar surface area (TPSA) is 334 Å². The van der Waals surface area contributed by atoms with E-state index in [0.717, 1.165) is 36.1 Å². The van der Waals surface area contributed by atoms with E-state index in [4.69, 9.17) is 34.8 Å². The van der Waals surface area contributed by atoms with Crippen molar-refractivity contribution in [1.29, 1.82) is 0 Å². The van der Waals surface area contributed by atoms with Crippen molar-refractivity contribution < 1.29 is 65.9 Å². The van der Waals surface area contributed by atoms with Crippen molar-refractivity contribution in [2.75, 3.05) is 57.4 Å². The van der Waals surface area contributed by atoms with Gasteiger partial charge in [0.25, 0.3) is 0 Å². The predicted molar refractivity (Wildman–Crippen MR) is 390 cm³/mol. The second-order valence-electron chi connectivity index (χ2n) is 20.0. The molecule has 536 valence electrons. The summed E-state index contributed by atoms with van der Waals surface area (Å²) in [7, 11) is 1.60. The van der Waals surface area contributed by atoms with E-state index in [9.17, 15) is 65.9 Å². The zero-order chi connectivity index (χ0) is 75.8. The van der Waals surface area contributed by atoms with E-state index in [1.165, 1.54) is 131 Å². The summed E-state index contributed by atoms with van der Waals surface area (Å²) in [5.41, 5.74) is 8.78. The summed E-state index contributed by atoms with van der Waals surface area (Å²) in [5.74, 6) is -1.40.